The van der Waals surface area contributed by atoms with Gasteiger partial charge in [-0.25, -0.2) is 14.0 Å². The minimum atomic E-state index is -1.22. The first-order valence-electron chi connectivity index (χ1n) is 15.0. The highest BCUT2D eigenvalue weighted by Gasteiger charge is 2.23. The van der Waals surface area contributed by atoms with Crippen LogP contribution in [-0.2, 0) is 4.74 Å². The van der Waals surface area contributed by atoms with Crippen LogP contribution >= 0.6 is 0 Å². The standard InChI is InChI=1S/C36H35FN4O5/c1-23(39-34(42)32-22-28-15-14-27(21-31(28)40-32)24-16-18-29(37)19-17-24)30(41-35(43)44)13-8-20-38-36(45)46-33(25-9-4-2-5-10-25)26-11-6-3-7-12-26/h2-7,9-12,14-19,21-23,30,33,40-41H,8,13,20H2,1H3,(H,38,45)(H,39,42)(H,43,44)/t23?,30-/m0/s1. The van der Waals surface area contributed by atoms with Crippen molar-refractivity contribution in [2.24, 2.45) is 0 Å². The van der Waals surface area contributed by atoms with Gasteiger partial charge in [-0.1, -0.05) is 84.9 Å². The molecular weight excluding hydrogens is 587 g/mol. The lowest BCUT2D eigenvalue weighted by Crippen LogP contribution is -2.50. The van der Waals surface area contributed by atoms with Crippen LogP contribution in [0, 0.1) is 5.82 Å². The molecule has 236 valence electrons. The van der Waals surface area contributed by atoms with Crippen LogP contribution in [0.25, 0.3) is 22.0 Å². The Hall–Kier alpha value is -5.64. The molecule has 4 aromatic carbocycles. The Balaban J connectivity index is 1.16. The Kier molecular flexibility index (Phi) is 10.3. The molecule has 0 saturated heterocycles. The molecule has 5 aromatic rings. The van der Waals surface area contributed by atoms with Crippen LogP contribution < -0.4 is 16.0 Å². The maximum atomic E-state index is 13.3. The SMILES string of the molecule is CC(NC(=O)c1cc2ccc(-c3ccc(F)cc3)cc2[nH]1)[C@H](CCCNC(=O)OC(c1ccccc1)c1ccccc1)NC(=O)O. The summed E-state index contributed by atoms with van der Waals surface area (Å²) in [7, 11) is 0. The van der Waals surface area contributed by atoms with E-state index in [1.54, 1.807) is 25.1 Å². The van der Waals surface area contributed by atoms with Crippen molar-refractivity contribution in [1.29, 1.82) is 0 Å². The van der Waals surface area contributed by atoms with Gasteiger partial charge in [-0.3, -0.25) is 4.79 Å². The van der Waals surface area contributed by atoms with Gasteiger partial charge in [-0.15, -0.1) is 0 Å². The van der Waals surface area contributed by atoms with Crippen molar-refractivity contribution in [2.75, 3.05) is 6.54 Å². The normalized spacial score (nSPS) is 12.3. The first-order chi connectivity index (χ1) is 22.3. The van der Waals surface area contributed by atoms with E-state index in [9.17, 15) is 23.9 Å². The number of hydrogen-bond acceptors (Lipinski definition) is 4. The summed E-state index contributed by atoms with van der Waals surface area (Å²) in [6, 6.07) is 31.3. The van der Waals surface area contributed by atoms with E-state index in [-0.39, 0.29) is 12.4 Å². The van der Waals surface area contributed by atoms with Gasteiger partial charge in [0, 0.05) is 23.5 Å². The molecule has 1 unspecified atom stereocenters. The zero-order valence-corrected chi connectivity index (χ0v) is 25.2. The molecule has 0 radical (unpaired) electrons. The summed E-state index contributed by atoms with van der Waals surface area (Å²) in [5, 5.41) is 18.4. The van der Waals surface area contributed by atoms with E-state index in [1.165, 1.54) is 12.1 Å². The summed E-state index contributed by atoms with van der Waals surface area (Å²) in [4.78, 5) is 40.5. The van der Waals surface area contributed by atoms with Crippen molar-refractivity contribution >= 4 is 29.0 Å². The van der Waals surface area contributed by atoms with Gasteiger partial charge in [0.15, 0.2) is 6.10 Å². The lowest BCUT2D eigenvalue weighted by atomic mass is 10.0. The van der Waals surface area contributed by atoms with Gasteiger partial charge in [0.2, 0.25) is 0 Å². The van der Waals surface area contributed by atoms with Crippen molar-refractivity contribution in [3.05, 3.63) is 132 Å². The smallest absolute Gasteiger partial charge is 0.408 e. The van der Waals surface area contributed by atoms with Gasteiger partial charge < -0.3 is 30.8 Å². The Morgan fingerprint density at radius 3 is 2.09 bits per heavy atom. The number of halogens is 1. The molecule has 46 heavy (non-hydrogen) atoms. The predicted molar refractivity (Wildman–Crippen MR) is 174 cm³/mol. The first-order valence-corrected chi connectivity index (χ1v) is 15.0. The number of carbonyl (C=O) groups excluding carboxylic acids is 2. The van der Waals surface area contributed by atoms with Gasteiger partial charge in [-0.05, 0) is 66.3 Å². The van der Waals surface area contributed by atoms with Crippen LogP contribution in [0.5, 0.6) is 0 Å². The van der Waals surface area contributed by atoms with Gasteiger partial charge in [0.25, 0.3) is 5.91 Å². The minimum absolute atomic E-state index is 0.242. The van der Waals surface area contributed by atoms with Crippen molar-refractivity contribution in [3.8, 4) is 11.1 Å². The van der Waals surface area contributed by atoms with Crippen LogP contribution in [-0.4, -0.2) is 46.8 Å². The third-order valence-corrected chi connectivity index (χ3v) is 7.71. The first kappa shape index (κ1) is 31.8. The molecular formula is C36H35FN4O5. The number of aromatic nitrogens is 1. The topological polar surface area (TPSA) is 133 Å². The van der Waals surface area contributed by atoms with Crippen LogP contribution in [0.4, 0.5) is 14.0 Å². The molecule has 9 nitrogen and oxygen atoms in total. The summed E-state index contributed by atoms with van der Waals surface area (Å²) in [5.41, 5.74) is 4.44. The van der Waals surface area contributed by atoms with Crippen LogP contribution in [0.1, 0.15) is 47.5 Å². The molecule has 0 fully saturated rings. The molecule has 0 saturated carbocycles. The maximum Gasteiger partial charge on any atom is 0.408 e. The average Bonchev–Trinajstić information content (AvgIpc) is 3.50. The summed E-state index contributed by atoms with van der Waals surface area (Å²) in [5.74, 6) is -0.707. The monoisotopic (exact) mass is 622 g/mol. The van der Waals surface area contributed by atoms with Crippen molar-refractivity contribution in [1.82, 2.24) is 20.9 Å². The Morgan fingerprint density at radius 2 is 1.46 bits per heavy atom. The number of rotatable bonds is 12. The largest absolute Gasteiger partial charge is 0.465 e. The number of benzene rings is 4. The number of amides is 3. The maximum absolute atomic E-state index is 13.3. The van der Waals surface area contributed by atoms with E-state index in [1.807, 2.05) is 78.9 Å². The van der Waals surface area contributed by atoms with E-state index >= 15 is 0 Å². The molecule has 0 aliphatic rings. The molecule has 5 rings (SSSR count). The fourth-order valence-corrected chi connectivity index (χ4v) is 5.31. The highest BCUT2D eigenvalue weighted by atomic mass is 19.1. The molecule has 1 heterocycles. The van der Waals surface area contributed by atoms with Gasteiger partial charge in [-0.2, -0.15) is 0 Å². The Bertz CT molecular complexity index is 1740. The van der Waals surface area contributed by atoms with Crippen LogP contribution in [0.15, 0.2) is 109 Å². The highest BCUT2D eigenvalue weighted by molar-refractivity contribution is 5.99. The molecule has 3 amide bonds. The summed E-state index contributed by atoms with van der Waals surface area (Å²) >= 11 is 0. The Labute approximate surface area is 265 Å². The molecule has 2 atom stereocenters. The highest BCUT2D eigenvalue weighted by Crippen LogP contribution is 2.27. The van der Waals surface area contributed by atoms with E-state index in [2.05, 4.69) is 20.9 Å². The number of hydrogen-bond donors (Lipinski definition) is 5. The van der Waals surface area contributed by atoms with Crippen molar-refractivity contribution < 1.29 is 28.6 Å². The van der Waals surface area contributed by atoms with E-state index < -0.39 is 36.3 Å². The number of aromatic amines is 1. The van der Waals surface area contributed by atoms with Crippen LogP contribution in [0.2, 0.25) is 0 Å². The molecule has 0 spiro atoms. The van der Waals surface area contributed by atoms with Gasteiger partial charge in [0.05, 0.1) is 6.04 Å². The number of nitrogens with one attached hydrogen (secondary N) is 4. The number of alkyl carbamates (subject to hydrolysis) is 1. The zero-order valence-electron chi connectivity index (χ0n) is 25.2. The molecule has 5 N–H and O–H groups in total. The Morgan fingerprint density at radius 1 is 0.826 bits per heavy atom. The zero-order chi connectivity index (χ0) is 32.5. The second-order valence-electron chi connectivity index (χ2n) is 11.0. The lowest BCUT2D eigenvalue weighted by Gasteiger charge is -2.25. The fraction of sp³-hybridized carbons (Fsp3) is 0.194. The van der Waals surface area contributed by atoms with Crippen molar-refractivity contribution in [2.45, 2.75) is 38.0 Å². The van der Waals surface area contributed by atoms with Gasteiger partial charge >= 0.3 is 12.2 Å². The molecule has 0 aliphatic carbocycles. The fourth-order valence-electron chi connectivity index (χ4n) is 5.31. The second-order valence-corrected chi connectivity index (χ2v) is 11.0. The number of ether oxygens (including phenoxy) is 1. The third kappa shape index (κ3) is 8.29. The molecule has 0 bridgehead atoms. The average molecular weight is 623 g/mol. The number of carbonyl (C=O) groups is 3. The molecule has 1 aromatic heterocycles. The van der Waals surface area contributed by atoms with Crippen molar-refractivity contribution in [3.63, 3.8) is 0 Å². The molecule has 0 aliphatic heterocycles. The third-order valence-electron chi connectivity index (χ3n) is 7.71. The summed E-state index contributed by atoms with van der Waals surface area (Å²) in [6.07, 6.45) is -1.62. The lowest BCUT2D eigenvalue weighted by molar-refractivity contribution is 0.0924. The minimum Gasteiger partial charge on any atom is -0.465 e. The predicted octanol–water partition coefficient (Wildman–Crippen LogP) is 7.02. The molecule has 10 heteroatoms. The quantitative estimate of drug-likeness (QED) is 0.0954. The number of fused-ring (bicyclic) bond motifs is 1. The number of H-pyrrole nitrogens is 1. The second kappa shape index (κ2) is 14.9. The van der Waals surface area contributed by atoms with E-state index in [0.717, 1.165) is 33.2 Å². The van der Waals surface area contributed by atoms with E-state index in [0.29, 0.717) is 18.5 Å². The summed E-state index contributed by atoms with van der Waals surface area (Å²) < 4.78 is 19.1. The van der Waals surface area contributed by atoms with Gasteiger partial charge in [0.1, 0.15) is 11.5 Å². The van der Waals surface area contributed by atoms with Crippen LogP contribution in [0.3, 0.4) is 0 Å². The van der Waals surface area contributed by atoms with E-state index in [4.69, 9.17) is 4.74 Å². The number of carboxylic acid groups (broad SMARTS) is 1. The summed E-state index contributed by atoms with van der Waals surface area (Å²) in [6.45, 7) is 1.96.